The minimum atomic E-state index is 0.647. The Balaban J connectivity index is 0.000000188. The fourth-order valence-corrected chi connectivity index (χ4v) is 10.7. The van der Waals surface area contributed by atoms with Crippen LogP contribution in [0.3, 0.4) is 0 Å². The van der Waals surface area contributed by atoms with Gasteiger partial charge in [0, 0.05) is 54.8 Å². The normalized spacial score (nSPS) is 10.6. The molecule has 22 nitrogen and oxygen atoms in total. The third-order valence-corrected chi connectivity index (χ3v) is 15.2. The molecule has 10 rings (SSSR count). The van der Waals surface area contributed by atoms with Crippen LogP contribution in [0.2, 0.25) is 0 Å². The van der Waals surface area contributed by atoms with E-state index < -0.39 is 0 Å². The number of benzene rings is 5. The number of nitrogens with one attached hydrogen (secondary N) is 1. The lowest BCUT2D eigenvalue weighted by Gasteiger charge is -2.16. The van der Waals surface area contributed by atoms with Crippen LogP contribution in [-0.2, 0) is 32.7 Å². The second-order valence-electron chi connectivity index (χ2n) is 22.8. The van der Waals surface area contributed by atoms with Gasteiger partial charge in [-0.3, -0.25) is 4.90 Å². The highest BCUT2D eigenvalue weighted by molar-refractivity contribution is 6.99. The van der Waals surface area contributed by atoms with Gasteiger partial charge >= 0.3 is 0 Å². The lowest BCUT2D eigenvalue weighted by molar-refractivity contribution is 0.296. The maximum atomic E-state index is 8.82. The number of aromatic nitrogens is 11. The summed E-state index contributed by atoms with van der Waals surface area (Å²) in [5, 5.41) is 63.2. The molecule has 0 unspecified atom stereocenters. The van der Waals surface area contributed by atoms with Crippen LogP contribution in [-0.4, -0.2) is 146 Å². The molecule has 0 spiro atoms. The average molecular weight is 1290 g/mol. The van der Waals surface area contributed by atoms with Crippen molar-refractivity contribution in [3.05, 3.63) is 203 Å². The van der Waals surface area contributed by atoms with Crippen LogP contribution in [0.15, 0.2) is 151 Å². The first kappa shape index (κ1) is 73.7. The Kier molecular flexibility index (Phi) is 30.9. The smallest absolute Gasteiger partial charge is 0.181 e. The van der Waals surface area contributed by atoms with Crippen molar-refractivity contribution in [1.29, 1.82) is 26.3 Å². The molecule has 95 heavy (non-hydrogen) atoms. The van der Waals surface area contributed by atoms with Gasteiger partial charge in [0.25, 0.3) is 0 Å². The zero-order valence-electron chi connectivity index (χ0n) is 56.2. The number of nitrogens with zero attached hydrogens (tertiary/aromatic N) is 20. The predicted molar refractivity (Wildman–Crippen MR) is 371 cm³/mol. The van der Waals surface area contributed by atoms with Crippen LogP contribution in [0.1, 0.15) is 123 Å². The van der Waals surface area contributed by atoms with E-state index in [2.05, 4.69) is 174 Å². The molecule has 23 heteroatoms. The van der Waals surface area contributed by atoms with Crippen molar-refractivity contribution in [1.82, 2.24) is 78.2 Å². The molecule has 0 aliphatic rings. The second-order valence-corrected chi connectivity index (χ2v) is 23.3. The Morgan fingerprint density at radius 3 is 1.33 bits per heavy atom. The molecule has 5 aromatic heterocycles. The summed E-state index contributed by atoms with van der Waals surface area (Å²) in [6.07, 6.45) is 12.6. The number of hydrogen-bond donors (Lipinski definition) is 1. The molecule has 0 saturated carbocycles. The molecule has 5 heterocycles. The van der Waals surface area contributed by atoms with Crippen LogP contribution in [0, 0.1) is 56.7 Å². The third-order valence-electron chi connectivity index (χ3n) is 14.7. The van der Waals surface area contributed by atoms with Gasteiger partial charge in [-0.05, 0) is 185 Å². The highest BCUT2D eigenvalue weighted by Gasteiger charge is 2.16. The first-order valence-corrected chi connectivity index (χ1v) is 32.4. The van der Waals surface area contributed by atoms with Crippen molar-refractivity contribution in [3.63, 3.8) is 0 Å². The van der Waals surface area contributed by atoms with E-state index in [1.165, 1.54) is 18.1 Å². The standard InChI is InChI=1S/C15H18N4.C15H17N3O.2C14H17N5.C14H16N4S/c1-3-8-18(2)11-15-10-17-12-19(15)14-6-4-13(9-16)5-7-14;1-3-8-18(2)10-14-15(17-11-19-14)13-6-4-12(9-16)5-7-13;1-3-8-18(2)11-14-10-16-17-19(14)13-6-4-12(9-15)5-7-13;1-3-8-19(2)10-13-14(17-18-16-13)12-6-4-11(9-15)5-7-12;1-3-8-18(2)10-13-14(17-19-16-13)12-6-4-11(9-15)5-7-12/h4-7,10,12H,3,8,11H2,1-2H3;4-7,11H,3,8,10H2,1-2H3;4-7,10H,3,8,11H2,1-2H3;4-7H,3,8,10H2,1-2H3,(H,16,17,18);4-7H,3,8,10H2,1-2H3. The molecule has 0 atom stereocenters. The average Bonchev–Trinajstić information content (AvgIpc) is 1.83. The molecule has 0 amide bonds. The molecule has 0 aliphatic carbocycles. The number of rotatable bonds is 25. The molecular formula is C72H85N21OS. The summed E-state index contributed by atoms with van der Waals surface area (Å²) in [5.41, 5.74) is 15.0. The summed E-state index contributed by atoms with van der Waals surface area (Å²) in [6, 6.07) is 47.8. The number of nitriles is 5. The molecule has 1 N–H and O–H groups in total. The lowest BCUT2D eigenvalue weighted by atomic mass is 10.1. The van der Waals surface area contributed by atoms with E-state index in [0.717, 1.165) is 171 Å². The number of oxazole rings is 1. The first-order valence-electron chi connectivity index (χ1n) is 31.7. The van der Waals surface area contributed by atoms with E-state index in [-0.39, 0.29) is 0 Å². The van der Waals surface area contributed by atoms with E-state index in [4.69, 9.17) is 30.7 Å². The Morgan fingerprint density at radius 1 is 0.442 bits per heavy atom. The highest BCUT2D eigenvalue weighted by Crippen LogP contribution is 2.26. The van der Waals surface area contributed by atoms with Gasteiger partial charge in [0.15, 0.2) is 6.39 Å². The minimum absolute atomic E-state index is 0.647. The number of aromatic amines is 1. The maximum Gasteiger partial charge on any atom is 0.181 e. The summed E-state index contributed by atoms with van der Waals surface area (Å²) in [4.78, 5) is 19.7. The second kappa shape index (κ2) is 39.9. The first-order chi connectivity index (χ1) is 46.2. The van der Waals surface area contributed by atoms with Gasteiger partial charge < -0.3 is 28.6 Å². The largest absolute Gasteiger partial charge is 0.446 e. The molecule has 0 radical (unpaired) electrons. The van der Waals surface area contributed by atoms with Crippen LogP contribution in [0.5, 0.6) is 0 Å². The van der Waals surface area contributed by atoms with Gasteiger partial charge in [0.2, 0.25) is 0 Å². The Hall–Kier alpha value is -10.4. The number of imidazole rings is 1. The van der Waals surface area contributed by atoms with E-state index in [9.17, 15) is 0 Å². The topological polar surface area (TPSA) is 277 Å². The molecule has 10 aromatic rings. The van der Waals surface area contributed by atoms with Crippen molar-refractivity contribution < 1.29 is 4.42 Å². The summed E-state index contributed by atoms with van der Waals surface area (Å²) in [5.74, 6) is 0.862. The quantitative estimate of drug-likeness (QED) is 0.0556. The van der Waals surface area contributed by atoms with Gasteiger partial charge in [-0.2, -0.15) is 50.5 Å². The fraction of sp³-hybridized carbons (Fsp3) is 0.347. The Labute approximate surface area is 563 Å². The monoisotopic (exact) mass is 1290 g/mol. The SMILES string of the molecule is CCCN(C)Cc1cncn1-c1ccc(C#N)cc1.CCCN(C)Cc1cnnn1-c1ccc(C#N)cc1.CCCN(C)Cc1n[nH]nc1-c1ccc(C#N)cc1.CCCN(C)Cc1nsnc1-c1ccc(C#N)cc1.CCCN(C)Cc1ocnc1-c1ccc(C#N)cc1. The van der Waals surface area contributed by atoms with Gasteiger partial charge in [0.05, 0.1) is 112 Å². The minimum Gasteiger partial charge on any atom is -0.446 e. The molecule has 5 aromatic carbocycles. The molecule has 0 aliphatic heterocycles. The van der Waals surface area contributed by atoms with Gasteiger partial charge in [-0.1, -0.05) is 76.2 Å². The van der Waals surface area contributed by atoms with Crippen molar-refractivity contribution >= 4 is 11.7 Å². The molecule has 0 fully saturated rings. The summed E-state index contributed by atoms with van der Waals surface area (Å²) in [6.45, 7) is 20.0. The summed E-state index contributed by atoms with van der Waals surface area (Å²) < 4.78 is 18.1. The van der Waals surface area contributed by atoms with Gasteiger partial charge in [0.1, 0.15) is 28.5 Å². The Morgan fingerprint density at radius 2 is 0.853 bits per heavy atom. The van der Waals surface area contributed by atoms with Crippen LogP contribution < -0.4 is 0 Å². The zero-order chi connectivity index (χ0) is 68.3. The maximum absolute atomic E-state index is 8.82. The Bertz CT molecular complexity index is 3440. The van der Waals surface area contributed by atoms with Gasteiger partial charge in [-0.15, -0.1) is 5.10 Å². The van der Waals surface area contributed by atoms with E-state index in [1.54, 1.807) is 42.6 Å². The van der Waals surface area contributed by atoms with E-state index in [1.807, 2.05) is 102 Å². The summed E-state index contributed by atoms with van der Waals surface area (Å²) >= 11 is 1.24. The summed E-state index contributed by atoms with van der Waals surface area (Å²) in [7, 11) is 10.4. The fourth-order valence-electron chi connectivity index (χ4n) is 10.1. The van der Waals surface area contributed by atoms with E-state index >= 15 is 0 Å². The predicted octanol–water partition coefficient (Wildman–Crippen LogP) is 12.7. The molecule has 0 bridgehead atoms. The van der Waals surface area contributed by atoms with Crippen LogP contribution in [0.4, 0.5) is 0 Å². The van der Waals surface area contributed by atoms with Gasteiger partial charge in [-0.25, -0.2) is 14.6 Å². The van der Waals surface area contributed by atoms with Crippen molar-refractivity contribution in [2.45, 2.75) is 99.4 Å². The highest BCUT2D eigenvalue weighted by atomic mass is 32.1. The lowest BCUT2D eigenvalue weighted by Crippen LogP contribution is -2.20. The van der Waals surface area contributed by atoms with Crippen molar-refractivity contribution in [2.24, 2.45) is 0 Å². The van der Waals surface area contributed by atoms with Crippen molar-refractivity contribution in [3.8, 4) is 75.5 Å². The molecular weight excluding hydrogens is 1210 g/mol. The van der Waals surface area contributed by atoms with E-state index in [0.29, 0.717) is 27.8 Å². The number of hydrogen-bond acceptors (Lipinski definition) is 20. The van der Waals surface area contributed by atoms with Crippen LogP contribution in [0.25, 0.3) is 45.1 Å². The van der Waals surface area contributed by atoms with Crippen LogP contribution >= 0.6 is 11.7 Å². The van der Waals surface area contributed by atoms with Crippen molar-refractivity contribution in [2.75, 3.05) is 68.0 Å². The molecule has 490 valence electrons. The third kappa shape index (κ3) is 23.3. The molecule has 0 saturated heterocycles. The number of H-pyrrole nitrogens is 1. The zero-order valence-corrected chi connectivity index (χ0v) is 57.0.